The maximum absolute atomic E-state index is 9.66. The van der Waals surface area contributed by atoms with Crippen molar-refractivity contribution in [2.75, 3.05) is 0 Å². The van der Waals surface area contributed by atoms with Crippen molar-refractivity contribution in [3.05, 3.63) is 193 Å². The van der Waals surface area contributed by atoms with Crippen LogP contribution in [-0.2, 0) is 0 Å². The highest BCUT2D eigenvalue weighted by molar-refractivity contribution is 8.05. The number of nitriles is 2. The van der Waals surface area contributed by atoms with E-state index in [-0.39, 0.29) is 0 Å². The molecule has 0 fully saturated rings. The molecule has 10 aromatic carbocycles. The number of hydrogen-bond donors (Lipinski definition) is 0. The first-order valence-corrected chi connectivity index (χ1v) is 22.0. The van der Waals surface area contributed by atoms with E-state index < -0.39 is 0 Å². The molecule has 0 bridgehead atoms. The highest BCUT2D eigenvalue weighted by Gasteiger charge is 2.28. The average molecular weight is 823 g/mol. The van der Waals surface area contributed by atoms with E-state index in [0.29, 0.717) is 11.1 Å². The Morgan fingerprint density at radius 2 is 0.629 bits per heavy atom. The maximum atomic E-state index is 9.66. The van der Waals surface area contributed by atoms with Crippen molar-refractivity contribution in [1.29, 1.82) is 10.5 Å². The zero-order valence-electron chi connectivity index (χ0n) is 32.9. The van der Waals surface area contributed by atoms with Gasteiger partial charge in [-0.3, -0.25) is 0 Å². The predicted molar refractivity (Wildman–Crippen MR) is 255 cm³/mol. The van der Waals surface area contributed by atoms with Crippen LogP contribution >= 0.6 is 23.5 Å². The van der Waals surface area contributed by atoms with E-state index in [1.54, 1.807) is 23.5 Å². The molecule has 0 saturated carbocycles. The van der Waals surface area contributed by atoms with E-state index in [0.717, 1.165) is 118 Å². The third kappa shape index (κ3) is 5.70. The lowest BCUT2D eigenvalue weighted by molar-refractivity contribution is 0.953. The number of fused-ring (bicyclic) bond motifs is 7. The smallest absolute Gasteiger partial charge is 0.134 e. The molecule has 0 spiro atoms. The molecule has 1 aliphatic rings. The second-order valence-electron chi connectivity index (χ2n) is 15.4. The third-order valence-electron chi connectivity index (χ3n) is 12.0. The van der Waals surface area contributed by atoms with Gasteiger partial charge in [0.2, 0.25) is 0 Å². The first-order chi connectivity index (χ1) is 30.6. The molecule has 0 radical (unpaired) electrons. The highest BCUT2D eigenvalue weighted by atomic mass is 32.2. The Balaban J connectivity index is 1.21. The van der Waals surface area contributed by atoms with Gasteiger partial charge < -0.3 is 0 Å². The molecule has 0 unspecified atom stereocenters. The SMILES string of the molecule is N#Cc1ccc(-c2c3ccccc3c(-c3cc4c(cc3-c3c5ccccc5c(-c5ccc(C#N)cc5)c5ccccc35)Sc3nc5ccccc5nc3S4)c3ccccc23)cc1. The summed E-state index contributed by atoms with van der Waals surface area (Å²) >= 11 is 3.38. The topological polar surface area (TPSA) is 73.4 Å². The molecule has 1 aliphatic heterocycles. The minimum absolute atomic E-state index is 0.636. The Labute approximate surface area is 365 Å². The molecule has 2 heterocycles. The number of rotatable bonds is 4. The van der Waals surface area contributed by atoms with E-state index in [1.807, 2.05) is 48.5 Å². The Morgan fingerprint density at radius 3 is 0.935 bits per heavy atom. The standard InChI is InChI=1S/C56H30N4S2/c57-31-33-21-25-35(26-22-33)51-37-11-1-5-15-41(37)53(42-16-6-2-12-38(42)51)45-29-49-50(62-56-55(61-49)59-47-19-9-10-20-48(47)60-56)30-46(45)54-43-17-7-3-13-39(43)52(40-14-4-8-18-44(40)54)36-27-23-34(32-58)24-28-36/h1-30H. The van der Waals surface area contributed by atoms with Crippen molar-refractivity contribution in [3.8, 4) is 56.6 Å². The first-order valence-electron chi connectivity index (χ1n) is 20.3. The Bertz CT molecular complexity index is 3410. The summed E-state index contributed by atoms with van der Waals surface area (Å²) < 4.78 is 0. The van der Waals surface area contributed by atoms with Crippen LogP contribution in [0, 0.1) is 22.7 Å². The number of benzene rings is 10. The van der Waals surface area contributed by atoms with Crippen molar-refractivity contribution in [3.63, 3.8) is 0 Å². The molecular formula is C56H30N4S2. The number of aromatic nitrogens is 2. The van der Waals surface area contributed by atoms with E-state index in [2.05, 4.69) is 146 Å². The monoisotopic (exact) mass is 822 g/mol. The van der Waals surface area contributed by atoms with Crippen LogP contribution in [0.15, 0.2) is 202 Å². The van der Waals surface area contributed by atoms with Crippen molar-refractivity contribution < 1.29 is 0 Å². The van der Waals surface area contributed by atoms with E-state index in [1.165, 1.54) is 0 Å². The van der Waals surface area contributed by atoms with Gasteiger partial charge in [-0.2, -0.15) is 10.5 Å². The van der Waals surface area contributed by atoms with E-state index in [4.69, 9.17) is 9.97 Å². The molecule has 62 heavy (non-hydrogen) atoms. The van der Waals surface area contributed by atoms with Crippen molar-refractivity contribution in [1.82, 2.24) is 9.97 Å². The molecule has 286 valence electrons. The molecule has 0 N–H and O–H groups in total. The predicted octanol–water partition coefficient (Wildman–Crippen LogP) is 15.3. The zero-order chi connectivity index (χ0) is 41.3. The molecule has 11 aromatic rings. The van der Waals surface area contributed by atoms with Gasteiger partial charge in [0.25, 0.3) is 0 Å². The molecule has 0 atom stereocenters. The van der Waals surface area contributed by atoms with Gasteiger partial charge in [-0.05, 0) is 136 Å². The van der Waals surface area contributed by atoms with Crippen LogP contribution in [0.1, 0.15) is 11.1 Å². The normalized spacial score (nSPS) is 12.0. The lowest BCUT2D eigenvalue weighted by Crippen LogP contribution is -2.00. The zero-order valence-corrected chi connectivity index (χ0v) is 34.6. The second kappa shape index (κ2) is 14.5. The largest absolute Gasteiger partial charge is 0.237 e. The van der Waals surface area contributed by atoms with E-state index in [9.17, 15) is 10.5 Å². The van der Waals surface area contributed by atoms with Crippen LogP contribution < -0.4 is 0 Å². The third-order valence-corrected chi connectivity index (χ3v) is 14.3. The molecule has 0 aliphatic carbocycles. The quantitative estimate of drug-likeness (QED) is 0.165. The van der Waals surface area contributed by atoms with Gasteiger partial charge in [-0.25, -0.2) is 9.97 Å². The van der Waals surface area contributed by atoms with Crippen LogP contribution in [0.25, 0.3) is 98.6 Å². The molecule has 4 nitrogen and oxygen atoms in total. The van der Waals surface area contributed by atoms with Gasteiger partial charge in [-0.1, -0.05) is 157 Å². The fourth-order valence-corrected chi connectivity index (χ4v) is 11.5. The second-order valence-corrected chi connectivity index (χ2v) is 17.5. The van der Waals surface area contributed by atoms with Crippen molar-refractivity contribution in [2.24, 2.45) is 0 Å². The summed E-state index contributed by atoms with van der Waals surface area (Å²) in [4.78, 5) is 12.5. The molecule has 0 amide bonds. The summed E-state index contributed by atoms with van der Waals surface area (Å²) in [6, 6.07) is 68.4. The van der Waals surface area contributed by atoms with Crippen LogP contribution in [0.2, 0.25) is 0 Å². The molecule has 12 rings (SSSR count). The summed E-state index contributed by atoms with van der Waals surface area (Å²) in [6.07, 6.45) is 0. The van der Waals surface area contributed by atoms with Gasteiger partial charge in [0.15, 0.2) is 0 Å². The summed E-state index contributed by atoms with van der Waals surface area (Å²) in [7, 11) is 0. The fraction of sp³-hybridized carbons (Fsp3) is 0. The lowest BCUT2D eigenvalue weighted by atomic mass is 9.81. The van der Waals surface area contributed by atoms with E-state index >= 15 is 0 Å². The Hall–Kier alpha value is -7.74. The molecular weight excluding hydrogens is 793 g/mol. The van der Waals surface area contributed by atoms with Gasteiger partial charge >= 0.3 is 0 Å². The van der Waals surface area contributed by atoms with Crippen LogP contribution in [0.5, 0.6) is 0 Å². The van der Waals surface area contributed by atoms with Gasteiger partial charge in [0.05, 0.1) is 34.3 Å². The highest BCUT2D eigenvalue weighted by Crippen LogP contribution is 2.55. The minimum atomic E-state index is 0.636. The van der Waals surface area contributed by atoms with Crippen LogP contribution in [-0.4, -0.2) is 9.97 Å². The number of hydrogen-bond acceptors (Lipinski definition) is 6. The summed E-state index contributed by atoms with van der Waals surface area (Å²) in [5, 5.41) is 30.3. The summed E-state index contributed by atoms with van der Waals surface area (Å²) in [6.45, 7) is 0. The average Bonchev–Trinajstić information content (AvgIpc) is 3.33. The summed E-state index contributed by atoms with van der Waals surface area (Å²) in [5.74, 6) is 0. The van der Waals surface area contributed by atoms with Crippen molar-refractivity contribution >= 4 is 77.6 Å². The molecule has 6 heteroatoms. The van der Waals surface area contributed by atoms with Gasteiger partial charge in [0, 0.05) is 9.79 Å². The number of nitrogens with zero attached hydrogens (tertiary/aromatic N) is 4. The Morgan fingerprint density at radius 1 is 0.339 bits per heavy atom. The molecule has 0 saturated heterocycles. The Kier molecular flexibility index (Phi) is 8.43. The number of para-hydroxylation sites is 2. The van der Waals surface area contributed by atoms with Crippen LogP contribution in [0.4, 0.5) is 0 Å². The van der Waals surface area contributed by atoms with Gasteiger partial charge in [-0.15, -0.1) is 0 Å². The molecule has 1 aromatic heterocycles. The summed E-state index contributed by atoms with van der Waals surface area (Å²) in [5.41, 5.74) is 12.1. The fourth-order valence-electron chi connectivity index (χ4n) is 9.32. The van der Waals surface area contributed by atoms with Crippen LogP contribution in [0.3, 0.4) is 0 Å². The maximum Gasteiger partial charge on any atom is 0.134 e. The lowest BCUT2D eigenvalue weighted by Gasteiger charge is -2.25. The van der Waals surface area contributed by atoms with Crippen molar-refractivity contribution in [2.45, 2.75) is 19.8 Å². The van der Waals surface area contributed by atoms with Gasteiger partial charge in [0.1, 0.15) is 10.1 Å². The minimum Gasteiger partial charge on any atom is -0.237 e. The first kappa shape index (κ1) is 36.1.